The summed E-state index contributed by atoms with van der Waals surface area (Å²) in [6, 6.07) is 2.57. The standard InChI is InChI=1S/C28H38N2O9/c1-10(2)17-20(33)16(23(29)36)21(34)28(39)22(35)18-19(32)15-13(31)9-8-12(24(37)30(6)7)14(15)11(3)26(18,4)25(38)27(17,28)5/h8-11,16-18,20,22,25,31,33,35,38-39H,1-7H3,(H2,29,36)/t11-,16?,17+,18?,20?,22?,25-,26+,27+,28+/m1/s1. The summed E-state index contributed by atoms with van der Waals surface area (Å²) < 4.78 is 0. The number of aliphatic hydroxyl groups is 4. The fraction of sp³-hybridized carbons (Fsp3) is 0.643. The van der Waals surface area contributed by atoms with E-state index in [2.05, 4.69) is 0 Å². The minimum absolute atomic E-state index is 0.120. The Morgan fingerprint density at radius 1 is 1.08 bits per heavy atom. The second kappa shape index (κ2) is 8.82. The molecule has 11 heteroatoms. The zero-order chi connectivity index (χ0) is 29.7. The summed E-state index contributed by atoms with van der Waals surface area (Å²) >= 11 is 0. The number of Topliss-reactive ketones (excluding diaryl/α,β-unsaturated/α-hetero) is 2. The molecule has 4 rings (SSSR count). The number of fused-ring (bicyclic) bond motifs is 3. The van der Waals surface area contributed by atoms with E-state index in [9.17, 15) is 44.7 Å². The highest BCUT2D eigenvalue weighted by Gasteiger charge is 2.80. The number of carbonyl (C=O) groups excluding carboxylic acids is 4. The smallest absolute Gasteiger partial charge is 0.253 e. The van der Waals surface area contributed by atoms with E-state index in [1.54, 1.807) is 20.8 Å². The number of rotatable bonds is 3. The number of phenolic OH excluding ortho intramolecular Hbond substituents is 1. The van der Waals surface area contributed by atoms with Crippen molar-refractivity contribution in [2.75, 3.05) is 14.1 Å². The zero-order valence-corrected chi connectivity index (χ0v) is 23.2. The van der Waals surface area contributed by atoms with Crippen LogP contribution in [0.15, 0.2) is 12.1 Å². The van der Waals surface area contributed by atoms with Crippen LogP contribution in [-0.2, 0) is 9.59 Å². The van der Waals surface area contributed by atoms with Gasteiger partial charge in [-0.2, -0.15) is 0 Å². The van der Waals surface area contributed by atoms with Gasteiger partial charge in [0, 0.05) is 30.5 Å². The lowest BCUT2D eigenvalue weighted by Crippen LogP contribution is -2.83. The molecule has 1 aromatic carbocycles. The molecule has 0 spiro atoms. The molecule has 11 nitrogen and oxygen atoms in total. The van der Waals surface area contributed by atoms with Crippen molar-refractivity contribution in [2.24, 2.45) is 40.2 Å². The van der Waals surface area contributed by atoms with Gasteiger partial charge in [-0.1, -0.05) is 34.6 Å². The second-order valence-electron chi connectivity index (χ2n) is 12.5. The van der Waals surface area contributed by atoms with Crippen LogP contribution < -0.4 is 5.73 Å². The Kier molecular flexibility index (Phi) is 6.59. The summed E-state index contributed by atoms with van der Waals surface area (Å²) in [5.41, 5.74) is -0.887. The van der Waals surface area contributed by atoms with Gasteiger partial charge in [-0.15, -0.1) is 0 Å². The van der Waals surface area contributed by atoms with Crippen LogP contribution in [0, 0.1) is 34.5 Å². The first-order valence-corrected chi connectivity index (χ1v) is 13.1. The second-order valence-corrected chi connectivity index (χ2v) is 12.5. The lowest BCUT2D eigenvalue weighted by atomic mass is 9.36. The first kappa shape index (κ1) is 29.1. The first-order chi connectivity index (χ1) is 17.8. The molecule has 214 valence electrons. The van der Waals surface area contributed by atoms with Crippen LogP contribution in [0.4, 0.5) is 0 Å². The molecule has 3 aliphatic rings. The van der Waals surface area contributed by atoms with Crippen LogP contribution >= 0.6 is 0 Å². The van der Waals surface area contributed by atoms with Crippen molar-refractivity contribution in [1.82, 2.24) is 4.90 Å². The molecule has 2 fully saturated rings. The number of aromatic hydroxyl groups is 1. The fourth-order valence-electron chi connectivity index (χ4n) is 8.25. The quantitative estimate of drug-likeness (QED) is 0.278. The molecular formula is C28H38N2O9. The van der Waals surface area contributed by atoms with Gasteiger partial charge in [0.2, 0.25) is 5.91 Å². The monoisotopic (exact) mass is 546 g/mol. The lowest BCUT2D eigenvalue weighted by molar-refractivity contribution is -0.306. The minimum atomic E-state index is -2.86. The molecule has 0 aliphatic heterocycles. The number of primary amides is 1. The van der Waals surface area contributed by atoms with E-state index in [0.717, 1.165) is 0 Å². The summed E-state index contributed by atoms with van der Waals surface area (Å²) in [7, 11) is 3.05. The van der Waals surface area contributed by atoms with Gasteiger partial charge in [0.05, 0.1) is 23.7 Å². The molecule has 1 aromatic rings. The molecule has 10 atom stereocenters. The van der Waals surface area contributed by atoms with Crippen LogP contribution in [-0.4, -0.2) is 91.8 Å². The highest BCUT2D eigenvalue weighted by Crippen LogP contribution is 2.68. The van der Waals surface area contributed by atoms with Gasteiger partial charge in [0.15, 0.2) is 17.2 Å². The normalized spacial score (nSPS) is 41.5. The number of benzene rings is 1. The lowest BCUT2D eigenvalue weighted by Gasteiger charge is -2.69. The maximum Gasteiger partial charge on any atom is 0.253 e. The summed E-state index contributed by atoms with van der Waals surface area (Å²) in [6.45, 7) is 7.90. The Morgan fingerprint density at radius 2 is 1.64 bits per heavy atom. The van der Waals surface area contributed by atoms with E-state index in [-0.39, 0.29) is 16.7 Å². The van der Waals surface area contributed by atoms with E-state index in [1.807, 2.05) is 0 Å². The summed E-state index contributed by atoms with van der Waals surface area (Å²) in [4.78, 5) is 54.6. The van der Waals surface area contributed by atoms with E-state index >= 15 is 0 Å². The number of carbonyl (C=O) groups is 4. The average Bonchev–Trinajstić information content (AvgIpc) is 2.83. The van der Waals surface area contributed by atoms with Crippen LogP contribution in [0.2, 0.25) is 0 Å². The van der Waals surface area contributed by atoms with Crippen LogP contribution in [0.3, 0.4) is 0 Å². The van der Waals surface area contributed by atoms with Gasteiger partial charge >= 0.3 is 0 Å². The maximum atomic E-state index is 14.1. The van der Waals surface area contributed by atoms with E-state index in [4.69, 9.17) is 5.73 Å². The number of nitrogens with two attached hydrogens (primary N) is 1. The Bertz CT molecular complexity index is 1280. The molecule has 2 amide bonds. The summed E-state index contributed by atoms with van der Waals surface area (Å²) in [5.74, 6) is -10.3. The number of hydrogen-bond acceptors (Lipinski definition) is 9. The third-order valence-corrected chi connectivity index (χ3v) is 10.2. The van der Waals surface area contributed by atoms with Gasteiger partial charge in [0.1, 0.15) is 17.8 Å². The Balaban J connectivity index is 2.08. The van der Waals surface area contributed by atoms with Gasteiger partial charge in [-0.25, -0.2) is 0 Å². The third kappa shape index (κ3) is 3.24. The molecule has 0 heterocycles. The topological polar surface area (TPSA) is 199 Å². The number of nitrogens with zero attached hydrogens (tertiary/aromatic N) is 1. The van der Waals surface area contributed by atoms with Crippen LogP contribution in [0.1, 0.15) is 66.8 Å². The highest BCUT2D eigenvalue weighted by molar-refractivity contribution is 6.11. The van der Waals surface area contributed by atoms with Gasteiger partial charge < -0.3 is 36.2 Å². The zero-order valence-electron chi connectivity index (χ0n) is 23.2. The predicted molar refractivity (Wildman–Crippen MR) is 138 cm³/mol. The SMILES string of the molecule is CC(C)[C@H]1C(O)C(C(N)=O)C(=O)[C@]2(O)C(O)C3C(=O)c4c(O)ccc(C(=O)N(C)C)c4[C@@H](C)[C@]3(C)[C@@H](O)[C@]12C. The molecule has 7 N–H and O–H groups in total. The average molecular weight is 547 g/mol. The van der Waals surface area contributed by atoms with E-state index in [0.29, 0.717) is 0 Å². The number of phenols is 1. The van der Waals surface area contributed by atoms with Crippen LogP contribution in [0.25, 0.3) is 0 Å². The summed E-state index contributed by atoms with van der Waals surface area (Å²) in [6.07, 6.45) is -5.53. The van der Waals surface area contributed by atoms with E-state index in [1.165, 1.54) is 45.0 Å². The first-order valence-electron chi connectivity index (χ1n) is 13.1. The Labute approximate surface area is 226 Å². The highest BCUT2D eigenvalue weighted by atomic mass is 16.4. The molecule has 0 saturated heterocycles. The largest absolute Gasteiger partial charge is 0.507 e. The number of ketones is 2. The molecule has 3 aliphatic carbocycles. The maximum absolute atomic E-state index is 14.1. The fourth-order valence-corrected chi connectivity index (χ4v) is 8.25. The predicted octanol–water partition coefficient (Wildman–Crippen LogP) is -0.194. The van der Waals surface area contributed by atoms with Crippen molar-refractivity contribution < 1.29 is 44.7 Å². The Hall–Kier alpha value is -2.86. The molecule has 39 heavy (non-hydrogen) atoms. The third-order valence-electron chi connectivity index (χ3n) is 10.2. The van der Waals surface area contributed by atoms with Crippen molar-refractivity contribution in [3.63, 3.8) is 0 Å². The van der Waals surface area contributed by atoms with Crippen molar-refractivity contribution >= 4 is 23.4 Å². The molecule has 0 aromatic heterocycles. The minimum Gasteiger partial charge on any atom is -0.507 e. The molecule has 4 unspecified atom stereocenters. The molecular weight excluding hydrogens is 508 g/mol. The van der Waals surface area contributed by atoms with Crippen molar-refractivity contribution in [1.29, 1.82) is 0 Å². The Morgan fingerprint density at radius 3 is 2.13 bits per heavy atom. The number of amides is 2. The molecule has 0 bridgehead atoms. The van der Waals surface area contributed by atoms with Gasteiger partial charge in [-0.05, 0) is 35.4 Å². The van der Waals surface area contributed by atoms with Gasteiger partial charge in [0.25, 0.3) is 5.91 Å². The number of aliphatic hydroxyl groups excluding tert-OH is 3. The van der Waals surface area contributed by atoms with E-state index < -0.39 is 93.5 Å². The van der Waals surface area contributed by atoms with Crippen LogP contribution in [0.5, 0.6) is 5.75 Å². The summed E-state index contributed by atoms with van der Waals surface area (Å²) in [5, 5.41) is 58.3. The van der Waals surface area contributed by atoms with Crippen molar-refractivity contribution in [3.05, 3.63) is 28.8 Å². The molecule has 0 radical (unpaired) electrons. The number of hydrogen-bond donors (Lipinski definition) is 6. The van der Waals surface area contributed by atoms with Crippen molar-refractivity contribution in [3.8, 4) is 5.75 Å². The van der Waals surface area contributed by atoms with Gasteiger partial charge in [-0.3, -0.25) is 19.2 Å². The van der Waals surface area contributed by atoms with Crippen molar-refractivity contribution in [2.45, 2.75) is 64.4 Å². The molecule has 2 saturated carbocycles.